The summed E-state index contributed by atoms with van der Waals surface area (Å²) in [5.74, 6) is -0.740. The van der Waals surface area contributed by atoms with Gasteiger partial charge in [0.15, 0.2) is 5.69 Å². The minimum atomic E-state index is -3.99. The van der Waals surface area contributed by atoms with E-state index in [0.29, 0.717) is 0 Å². The van der Waals surface area contributed by atoms with E-state index in [1.807, 2.05) is 0 Å². The van der Waals surface area contributed by atoms with E-state index in [-0.39, 0.29) is 22.4 Å². The van der Waals surface area contributed by atoms with Gasteiger partial charge in [0.25, 0.3) is 0 Å². The third-order valence-corrected chi connectivity index (χ3v) is 4.01. The third kappa shape index (κ3) is 2.54. The topological polar surface area (TPSA) is 115 Å². The first kappa shape index (κ1) is 13.0. The number of carbonyl (C=O) groups excluding carboxylic acids is 1. The molecule has 0 aliphatic heterocycles. The Balaban J connectivity index is 2.25. The van der Waals surface area contributed by atoms with Gasteiger partial charge in [0, 0.05) is 0 Å². The molecule has 0 saturated heterocycles. The van der Waals surface area contributed by atoms with Crippen molar-refractivity contribution in [2.24, 2.45) is 5.14 Å². The molecule has 0 spiro atoms. The predicted octanol–water partition coefficient (Wildman–Crippen LogP) is 0.465. The third-order valence-electron chi connectivity index (χ3n) is 2.94. The number of esters is 1. The first-order valence-electron chi connectivity index (χ1n) is 5.68. The van der Waals surface area contributed by atoms with E-state index in [4.69, 9.17) is 9.88 Å². The Bertz CT molecular complexity index is 558. The molecule has 8 heteroatoms. The summed E-state index contributed by atoms with van der Waals surface area (Å²) in [5.41, 5.74) is -0.0298. The van der Waals surface area contributed by atoms with Crippen LogP contribution in [-0.2, 0) is 14.8 Å². The van der Waals surface area contributed by atoms with Gasteiger partial charge < -0.3 is 4.74 Å². The van der Waals surface area contributed by atoms with Gasteiger partial charge in [0.2, 0.25) is 10.0 Å². The van der Waals surface area contributed by atoms with E-state index in [1.165, 1.54) is 6.92 Å². The number of rotatable bonds is 3. The van der Waals surface area contributed by atoms with Gasteiger partial charge in [-0.05, 0) is 32.6 Å². The summed E-state index contributed by atoms with van der Waals surface area (Å²) in [4.78, 5) is 11.6. The fraction of sp³-hybridized carbons (Fsp3) is 0.600. The summed E-state index contributed by atoms with van der Waals surface area (Å²) in [6.07, 6.45) is 3.49. The Kier molecular flexibility index (Phi) is 3.40. The van der Waals surface area contributed by atoms with Crippen LogP contribution in [0.4, 0.5) is 0 Å². The SMILES string of the molecule is Cc1[nH]nc(C(=O)OC2CCCC2)c1S(N)(=O)=O. The van der Waals surface area contributed by atoms with Crippen LogP contribution < -0.4 is 5.14 Å². The van der Waals surface area contributed by atoms with Gasteiger partial charge in [0.05, 0.1) is 5.69 Å². The quantitative estimate of drug-likeness (QED) is 0.776. The van der Waals surface area contributed by atoms with E-state index in [0.717, 1.165) is 25.7 Å². The summed E-state index contributed by atoms with van der Waals surface area (Å²) < 4.78 is 28.0. The fourth-order valence-electron chi connectivity index (χ4n) is 2.12. The number of nitrogens with two attached hydrogens (primary N) is 1. The number of nitrogens with zero attached hydrogens (tertiary/aromatic N) is 1. The van der Waals surface area contributed by atoms with Crippen LogP contribution in [0.3, 0.4) is 0 Å². The second-order valence-corrected chi connectivity index (χ2v) is 5.88. The van der Waals surface area contributed by atoms with Crippen molar-refractivity contribution in [1.82, 2.24) is 10.2 Å². The lowest BCUT2D eigenvalue weighted by molar-refractivity contribution is 0.0306. The molecule has 0 radical (unpaired) electrons. The maximum Gasteiger partial charge on any atom is 0.360 e. The van der Waals surface area contributed by atoms with Gasteiger partial charge in [-0.1, -0.05) is 0 Å². The zero-order valence-electron chi connectivity index (χ0n) is 9.97. The number of hydrogen-bond donors (Lipinski definition) is 2. The van der Waals surface area contributed by atoms with E-state index in [1.54, 1.807) is 0 Å². The highest BCUT2D eigenvalue weighted by atomic mass is 32.2. The van der Waals surface area contributed by atoms with Crippen molar-refractivity contribution in [2.75, 3.05) is 0 Å². The number of aromatic amines is 1. The maximum absolute atomic E-state index is 11.9. The zero-order valence-corrected chi connectivity index (χ0v) is 10.8. The van der Waals surface area contributed by atoms with Crippen molar-refractivity contribution in [1.29, 1.82) is 0 Å². The summed E-state index contributed by atoms with van der Waals surface area (Å²) in [6, 6.07) is 0. The second-order valence-electron chi connectivity index (χ2n) is 4.38. The lowest BCUT2D eigenvalue weighted by Crippen LogP contribution is -2.20. The van der Waals surface area contributed by atoms with Gasteiger partial charge >= 0.3 is 5.97 Å². The van der Waals surface area contributed by atoms with Gasteiger partial charge in [0.1, 0.15) is 11.0 Å². The van der Waals surface area contributed by atoms with E-state index < -0.39 is 16.0 Å². The highest BCUT2D eigenvalue weighted by Gasteiger charge is 2.29. The molecule has 1 aliphatic rings. The van der Waals surface area contributed by atoms with Crippen molar-refractivity contribution in [3.05, 3.63) is 11.4 Å². The second kappa shape index (κ2) is 4.69. The minimum Gasteiger partial charge on any atom is -0.458 e. The average molecular weight is 273 g/mol. The molecule has 7 nitrogen and oxygen atoms in total. The molecular weight excluding hydrogens is 258 g/mol. The number of aromatic nitrogens is 2. The molecule has 1 saturated carbocycles. The summed E-state index contributed by atoms with van der Waals surface area (Å²) in [5, 5.41) is 11.2. The molecule has 100 valence electrons. The standard InChI is InChI=1S/C10H15N3O4S/c1-6-9(18(11,15)16)8(13-12-6)10(14)17-7-4-2-3-5-7/h7H,2-5H2,1H3,(H,12,13)(H2,11,15,16). The molecule has 0 unspecified atom stereocenters. The largest absolute Gasteiger partial charge is 0.458 e. The molecule has 1 aliphatic carbocycles. The maximum atomic E-state index is 11.9. The van der Waals surface area contributed by atoms with Crippen LogP contribution in [0.5, 0.6) is 0 Å². The Labute approximate surface area is 105 Å². The Hall–Kier alpha value is -1.41. The van der Waals surface area contributed by atoms with E-state index in [9.17, 15) is 13.2 Å². The highest BCUT2D eigenvalue weighted by molar-refractivity contribution is 7.89. The normalized spacial score (nSPS) is 17.0. The number of ether oxygens (including phenoxy) is 1. The minimum absolute atomic E-state index is 0.150. The fourth-order valence-corrected chi connectivity index (χ4v) is 2.99. The van der Waals surface area contributed by atoms with E-state index >= 15 is 0 Å². The summed E-state index contributed by atoms with van der Waals surface area (Å²) >= 11 is 0. The molecule has 1 aromatic rings. The summed E-state index contributed by atoms with van der Waals surface area (Å²) in [7, 11) is -3.99. The highest BCUT2D eigenvalue weighted by Crippen LogP contribution is 2.23. The van der Waals surface area contributed by atoms with Gasteiger partial charge in [-0.25, -0.2) is 18.4 Å². The number of carbonyl (C=O) groups is 1. The predicted molar refractivity (Wildman–Crippen MR) is 62.4 cm³/mol. The molecule has 18 heavy (non-hydrogen) atoms. The van der Waals surface area contributed by atoms with Crippen molar-refractivity contribution < 1.29 is 17.9 Å². The molecule has 1 heterocycles. The van der Waals surface area contributed by atoms with Gasteiger partial charge in [-0.15, -0.1) is 0 Å². The lowest BCUT2D eigenvalue weighted by Gasteiger charge is -2.10. The lowest BCUT2D eigenvalue weighted by atomic mass is 10.3. The first-order valence-corrected chi connectivity index (χ1v) is 7.23. The monoisotopic (exact) mass is 273 g/mol. The molecule has 1 fully saturated rings. The Morgan fingerprint density at radius 1 is 1.44 bits per heavy atom. The number of H-pyrrole nitrogens is 1. The molecule has 2 rings (SSSR count). The van der Waals surface area contributed by atoms with Crippen LogP contribution in [0.25, 0.3) is 0 Å². The van der Waals surface area contributed by atoms with Crippen LogP contribution in [0.2, 0.25) is 0 Å². The van der Waals surface area contributed by atoms with Crippen molar-refractivity contribution in [3.8, 4) is 0 Å². The Morgan fingerprint density at radius 2 is 2.06 bits per heavy atom. The van der Waals surface area contributed by atoms with E-state index in [2.05, 4.69) is 10.2 Å². The number of aryl methyl sites for hydroxylation is 1. The molecule has 1 aromatic heterocycles. The average Bonchev–Trinajstić information content (AvgIpc) is 2.85. The van der Waals surface area contributed by atoms with Crippen LogP contribution in [0.1, 0.15) is 41.9 Å². The molecule has 0 atom stereocenters. The molecular formula is C10H15N3O4S. The number of sulfonamides is 1. The van der Waals surface area contributed by atoms with Crippen LogP contribution in [0, 0.1) is 6.92 Å². The van der Waals surface area contributed by atoms with Crippen LogP contribution in [0.15, 0.2) is 4.90 Å². The molecule has 0 aromatic carbocycles. The van der Waals surface area contributed by atoms with Crippen molar-refractivity contribution in [2.45, 2.75) is 43.6 Å². The Morgan fingerprint density at radius 3 is 2.61 bits per heavy atom. The van der Waals surface area contributed by atoms with Crippen LogP contribution >= 0.6 is 0 Å². The summed E-state index contributed by atoms with van der Waals surface area (Å²) in [6.45, 7) is 1.49. The zero-order chi connectivity index (χ0) is 13.3. The van der Waals surface area contributed by atoms with Crippen molar-refractivity contribution >= 4 is 16.0 Å². The number of nitrogens with one attached hydrogen (secondary N) is 1. The molecule has 0 bridgehead atoms. The number of hydrogen-bond acceptors (Lipinski definition) is 5. The van der Waals surface area contributed by atoms with Crippen LogP contribution in [-0.4, -0.2) is 30.7 Å². The number of primary sulfonamides is 1. The molecule has 0 amide bonds. The van der Waals surface area contributed by atoms with Gasteiger partial charge in [-0.3, -0.25) is 5.10 Å². The van der Waals surface area contributed by atoms with Crippen molar-refractivity contribution in [3.63, 3.8) is 0 Å². The smallest absolute Gasteiger partial charge is 0.360 e. The van der Waals surface area contributed by atoms with Gasteiger partial charge in [-0.2, -0.15) is 5.10 Å². The first-order chi connectivity index (χ1) is 8.39. The molecule has 3 N–H and O–H groups in total.